The zero-order valence-corrected chi connectivity index (χ0v) is 11.8. The molecule has 0 aliphatic rings. The molecule has 4 heteroatoms. The van der Waals surface area contributed by atoms with Crippen molar-refractivity contribution in [2.45, 2.75) is 17.2 Å². The molecule has 0 radical (unpaired) electrons. The van der Waals surface area contributed by atoms with Crippen LogP contribution >= 0.6 is 23.1 Å². The van der Waals surface area contributed by atoms with Gasteiger partial charge in [0.1, 0.15) is 5.75 Å². The maximum absolute atomic E-state index is 5.76. The second kappa shape index (κ2) is 7.46. The monoisotopic (exact) mass is 279 g/mol. The van der Waals surface area contributed by atoms with Gasteiger partial charge in [-0.15, -0.1) is 23.1 Å². The molecule has 0 atom stereocenters. The average Bonchev–Trinajstić information content (AvgIpc) is 2.92. The molecular formula is C14H17NOS2. The van der Waals surface area contributed by atoms with Crippen LogP contribution in [0.3, 0.4) is 0 Å². The summed E-state index contributed by atoms with van der Waals surface area (Å²) in [6.07, 6.45) is 1.04. The van der Waals surface area contributed by atoms with E-state index in [-0.39, 0.29) is 0 Å². The van der Waals surface area contributed by atoms with Gasteiger partial charge in [0.15, 0.2) is 0 Å². The van der Waals surface area contributed by atoms with E-state index >= 15 is 0 Å². The van der Waals surface area contributed by atoms with Gasteiger partial charge in [-0.2, -0.15) is 0 Å². The Labute approximate surface area is 116 Å². The van der Waals surface area contributed by atoms with Gasteiger partial charge in [0.25, 0.3) is 0 Å². The molecule has 18 heavy (non-hydrogen) atoms. The van der Waals surface area contributed by atoms with E-state index in [1.165, 1.54) is 4.21 Å². The fourth-order valence-corrected chi connectivity index (χ4v) is 3.35. The van der Waals surface area contributed by atoms with Crippen molar-refractivity contribution < 1.29 is 4.74 Å². The maximum Gasteiger partial charge on any atom is 0.123 e. The van der Waals surface area contributed by atoms with Gasteiger partial charge in [-0.1, -0.05) is 24.3 Å². The second-order valence-electron chi connectivity index (χ2n) is 3.79. The Kier molecular flexibility index (Phi) is 5.58. The molecule has 0 amide bonds. The molecule has 1 aromatic carbocycles. The van der Waals surface area contributed by atoms with Crippen LogP contribution in [0, 0.1) is 0 Å². The molecule has 1 heterocycles. The smallest absolute Gasteiger partial charge is 0.123 e. The number of ether oxygens (including phenoxy) is 1. The van der Waals surface area contributed by atoms with Crippen LogP contribution in [-0.4, -0.2) is 12.4 Å². The summed E-state index contributed by atoms with van der Waals surface area (Å²) in [7, 11) is 0. The molecule has 1 aromatic heterocycles. The van der Waals surface area contributed by atoms with Gasteiger partial charge in [-0.25, -0.2) is 0 Å². The molecular weight excluding hydrogens is 262 g/mol. The highest BCUT2D eigenvalue weighted by atomic mass is 32.2. The Balaban J connectivity index is 1.69. The Morgan fingerprint density at radius 3 is 2.83 bits per heavy atom. The summed E-state index contributed by atoms with van der Waals surface area (Å²) < 4.78 is 7.13. The Bertz CT molecular complexity index is 457. The van der Waals surface area contributed by atoms with Gasteiger partial charge in [-0.05, 0) is 23.9 Å². The number of thioether (sulfide) groups is 1. The number of thiophene rings is 1. The normalized spacial score (nSPS) is 10.5. The standard InChI is InChI=1S/C14H17NOS2/c15-11-12-5-1-2-6-13(12)16-8-4-10-18-14-7-3-9-17-14/h1-3,5-7,9H,4,8,10-11,15H2. The lowest BCUT2D eigenvalue weighted by Crippen LogP contribution is -2.04. The number of rotatable bonds is 7. The quantitative estimate of drug-likeness (QED) is 0.619. The van der Waals surface area contributed by atoms with E-state index in [4.69, 9.17) is 10.5 Å². The molecule has 0 spiro atoms. The zero-order chi connectivity index (χ0) is 12.6. The molecule has 0 bridgehead atoms. The Morgan fingerprint density at radius 1 is 1.17 bits per heavy atom. The second-order valence-corrected chi connectivity index (χ2v) is 6.14. The van der Waals surface area contributed by atoms with E-state index in [2.05, 4.69) is 17.5 Å². The van der Waals surface area contributed by atoms with Crippen molar-refractivity contribution >= 4 is 23.1 Å². The highest BCUT2D eigenvalue weighted by Crippen LogP contribution is 2.24. The lowest BCUT2D eigenvalue weighted by molar-refractivity contribution is 0.315. The first-order valence-corrected chi connectivity index (χ1v) is 7.84. The summed E-state index contributed by atoms with van der Waals surface area (Å²) in [5.41, 5.74) is 6.74. The van der Waals surface area contributed by atoms with Crippen molar-refractivity contribution in [3.63, 3.8) is 0 Å². The van der Waals surface area contributed by atoms with E-state index in [9.17, 15) is 0 Å². The molecule has 0 aliphatic heterocycles. The van der Waals surface area contributed by atoms with Gasteiger partial charge in [0, 0.05) is 17.9 Å². The third-order valence-electron chi connectivity index (χ3n) is 2.48. The highest BCUT2D eigenvalue weighted by molar-refractivity contribution is 8.01. The van der Waals surface area contributed by atoms with Crippen molar-refractivity contribution in [3.8, 4) is 5.75 Å². The lowest BCUT2D eigenvalue weighted by atomic mass is 10.2. The van der Waals surface area contributed by atoms with Crippen LogP contribution in [0.5, 0.6) is 5.75 Å². The lowest BCUT2D eigenvalue weighted by Gasteiger charge is -2.09. The molecule has 0 aliphatic carbocycles. The third-order valence-corrected chi connectivity index (χ3v) is 4.70. The van der Waals surface area contributed by atoms with Gasteiger partial charge >= 0.3 is 0 Å². The summed E-state index contributed by atoms with van der Waals surface area (Å²) in [5, 5.41) is 2.11. The number of para-hydroxylation sites is 1. The van der Waals surface area contributed by atoms with Crippen LogP contribution in [-0.2, 0) is 6.54 Å². The average molecular weight is 279 g/mol. The number of hydrogen-bond donors (Lipinski definition) is 1. The first kappa shape index (κ1) is 13.5. The highest BCUT2D eigenvalue weighted by Gasteiger charge is 2.00. The van der Waals surface area contributed by atoms with E-state index < -0.39 is 0 Å². The molecule has 2 rings (SSSR count). The SMILES string of the molecule is NCc1ccccc1OCCCSc1cccs1. The predicted molar refractivity (Wildman–Crippen MR) is 79.5 cm³/mol. The van der Waals surface area contributed by atoms with Gasteiger partial charge < -0.3 is 10.5 Å². The minimum Gasteiger partial charge on any atom is -0.493 e. The summed E-state index contributed by atoms with van der Waals surface area (Å²) in [5.74, 6) is 2.01. The predicted octanol–water partition coefficient (Wildman–Crippen LogP) is 3.77. The molecule has 0 saturated heterocycles. The number of nitrogens with two attached hydrogens (primary N) is 1. The Hall–Kier alpha value is -0.970. The van der Waals surface area contributed by atoms with Gasteiger partial charge in [-0.3, -0.25) is 0 Å². The van der Waals surface area contributed by atoms with Crippen LogP contribution < -0.4 is 10.5 Å². The van der Waals surface area contributed by atoms with Crippen molar-refractivity contribution in [1.82, 2.24) is 0 Å². The zero-order valence-electron chi connectivity index (χ0n) is 10.2. The minimum absolute atomic E-state index is 0.528. The van der Waals surface area contributed by atoms with E-state index in [1.807, 2.05) is 36.0 Å². The molecule has 0 fully saturated rings. The molecule has 2 N–H and O–H groups in total. The summed E-state index contributed by atoms with van der Waals surface area (Å²) in [6.45, 7) is 1.27. The number of benzene rings is 1. The molecule has 0 saturated carbocycles. The number of hydrogen-bond acceptors (Lipinski definition) is 4. The largest absolute Gasteiger partial charge is 0.493 e. The van der Waals surface area contributed by atoms with Gasteiger partial charge in [0.05, 0.1) is 10.8 Å². The summed E-state index contributed by atoms with van der Waals surface area (Å²) in [6, 6.07) is 12.2. The van der Waals surface area contributed by atoms with Crippen LogP contribution in [0.1, 0.15) is 12.0 Å². The first-order valence-electron chi connectivity index (χ1n) is 5.97. The van der Waals surface area contributed by atoms with Crippen LogP contribution in [0.25, 0.3) is 0 Å². The topological polar surface area (TPSA) is 35.2 Å². The van der Waals surface area contributed by atoms with Crippen molar-refractivity contribution in [1.29, 1.82) is 0 Å². The molecule has 2 nitrogen and oxygen atoms in total. The van der Waals surface area contributed by atoms with Crippen LogP contribution in [0.2, 0.25) is 0 Å². The van der Waals surface area contributed by atoms with E-state index in [0.717, 1.165) is 30.1 Å². The van der Waals surface area contributed by atoms with Crippen LogP contribution in [0.15, 0.2) is 46.0 Å². The van der Waals surface area contributed by atoms with E-state index in [1.54, 1.807) is 11.3 Å². The van der Waals surface area contributed by atoms with Crippen LogP contribution in [0.4, 0.5) is 0 Å². The molecule has 96 valence electrons. The van der Waals surface area contributed by atoms with Crippen molar-refractivity contribution in [3.05, 3.63) is 47.3 Å². The first-order chi connectivity index (χ1) is 8.90. The van der Waals surface area contributed by atoms with Crippen molar-refractivity contribution in [2.75, 3.05) is 12.4 Å². The van der Waals surface area contributed by atoms with Gasteiger partial charge in [0.2, 0.25) is 0 Å². The maximum atomic E-state index is 5.76. The Morgan fingerprint density at radius 2 is 2.06 bits per heavy atom. The third kappa shape index (κ3) is 4.05. The van der Waals surface area contributed by atoms with Crippen molar-refractivity contribution in [2.24, 2.45) is 5.73 Å². The summed E-state index contributed by atoms with van der Waals surface area (Å²) in [4.78, 5) is 0. The summed E-state index contributed by atoms with van der Waals surface area (Å²) >= 11 is 3.68. The molecule has 2 aromatic rings. The van der Waals surface area contributed by atoms with E-state index in [0.29, 0.717) is 6.54 Å². The fourth-order valence-electron chi connectivity index (χ4n) is 1.57. The fraction of sp³-hybridized carbons (Fsp3) is 0.286. The molecule has 0 unspecified atom stereocenters. The minimum atomic E-state index is 0.528.